The predicted octanol–water partition coefficient (Wildman–Crippen LogP) is 3.02. The molecule has 0 saturated heterocycles. The Bertz CT molecular complexity index is 552. The Labute approximate surface area is 120 Å². The summed E-state index contributed by atoms with van der Waals surface area (Å²) in [6, 6.07) is 8.45. The zero-order valence-electron chi connectivity index (χ0n) is 10.6. The quantitative estimate of drug-likeness (QED) is 0.943. The van der Waals surface area contributed by atoms with Gasteiger partial charge in [0.2, 0.25) is 5.89 Å². The van der Waals surface area contributed by atoms with Gasteiger partial charge in [0.15, 0.2) is 5.82 Å². The van der Waals surface area contributed by atoms with Crippen LogP contribution in [-0.2, 0) is 6.42 Å². The van der Waals surface area contributed by atoms with Gasteiger partial charge in [-0.2, -0.15) is 4.98 Å². The molecule has 0 amide bonds. The second-order valence-electron chi connectivity index (χ2n) is 5.12. The molecule has 2 atom stereocenters. The third-order valence-corrected chi connectivity index (χ3v) is 4.11. The van der Waals surface area contributed by atoms with Crippen LogP contribution in [0.1, 0.15) is 42.5 Å². The van der Waals surface area contributed by atoms with Crippen molar-refractivity contribution >= 4 is 15.9 Å². The van der Waals surface area contributed by atoms with Crippen molar-refractivity contribution in [2.24, 2.45) is 5.73 Å². The molecule has 100 valence electrons. The molecule has 1 aliphatic rings. The molecule has 0 unspecified atom stereocenters. The summed E-state index contributed by atoms with van der Waals surface area (Å²) in [6.07, 6.45) is 3.77. The normalized spacial score (nSPS) is 22.8. The summed E-state index contributed by atoms with van der Waals surface area (Å²) in [5.41, 5.74) is 7.09. The van der Waals surface area contributed by atoms with Gasteiger partial charge in [-0.1, -0.05) is 33.2 Å². The molecule has 2 aromatic rings. The number of hydrogen-bond acceptors (Lipinski definition) is 4. The van der Waals surface area contributed by atoms with Crippen LogP contribution in [0.2, 0.25) is 0 Å². The van der Waals surface area contributed by atoms with E-state index in [9.17, 15) is 0 Å². The molecule has 19 heavy (non-hydrogen) atoms. The maximum atomic E-state index is 5.91. The highest BCUT2D eigenvalue weighted by Gasteiger charge is 2.27. The van der Waals surface area contributed by atoms with Crippen molar-refractivity contribution in [1.29, 1.82) is 0 Å². The average Bonchev–Trinajstić information content (AvgIpc) is 3.01. The number of hydrogen-bond donors (Lipinski definition) is 1. The molecule has 1 aliphatic carbocycles. The Hall–Kier alpha value is -1.20. The maximum Gasteiger partial charge on any atom is 0.229 e. The first-order valence-corrected chi connectivity index (χ1v) is 7.32. The Balaban J connectivity index is 1.69. The van der Waals surface area contributed by atoms with Gasteiger partial charge in [-0.15, -0.1) is 0 Å². The van der Waals surface area contributed by atoms with Crippen molar-refractivity contribution in [3.8, 4) is 0 Å². The summed E-state index contributed by atoms with van der Waals surface area (Å²) in [5, 5.41) is 4.06. The fourth-order valence-corrected chi connectivity index (χ4v) is 2.79. The van der Waals surface area contributed by atoms with Gasteiger partial charge in [0.05, 0.1) is 0 Å². The minimum absolute atomic E-state index is 0.284. The van der Waals surface area contributed by atoms with Gasteiger partial charge in [-0.25, -0.2) is 0 Å². The predicted molar refractivity (Wildman–Crippen MR) is 75.8 cm³/mol. The van der Waals surface area contributed by atoms with E-state index in [-0.39, 0.29) is 6.04 Å². The van der Waals surface area contributed by atoms with Gasteiger partial charge in [-0.3, -0.25) is 0 Å². The van der Waals surface area contributed by atoms with E-state index in [2.05, 4.69) is 38.2 Å². The topological polar surface area (TPSA) is 64.9 Å². The lowest BCUT2D eigenvalue weighted by Gasteiger charge is -2.01. The zero-order chi connectivity index (χ0) is 13.2. The van der Waals surface area contributed by atoms with Crippen LogP contribution < -0.4 is 5.73 Å². The molecular weight excluding hydrogens is 306 g/mol. The van der Waals surface area contributed by atoms with E-state index in [1.54, 1.807) is 0 Å². The Morgan fingerprint density at radius 2 is 2.05 bits per heavy atom. The first-order chi connectivity index (χ1) is 9.20. The monoisotopic (exact) mass is 321 g/mol. The smallest absolute Gasteiger partial charge is 0.229 e. The molecule has 0 aliphatic heterocycles. The van der Waals surface area contributed by atoms with Crippen molar-refractivity contribution in [1.82, 2.24) is 10.1 Å². The van der Waals surface area contributed by atoms with E-state index in [1.165, 1.54) is 5.56 Å². The van der Waals surface area contributed by atoms with Crippen LogP contribution in [0.15, 0.2) is 33.3 Å². The van der Waals surface area contributed by atoms with E-state index >= 15 is 0 Å². The number of aromatic nitrogens is 2. The molecule has 2 N–H and O–H groups in total. The van der Waals surface area contributed by atoms with Gasteiger partial charge in [-0.05, 0) is 37.0 Å². The van der Waals surface area contributed by atoms with Crippen LogP contribution in [0, 0.1) is 0 Å². The summed E-state index contributed by atoms with van der Waals surface area (Å²) >= 11 is 3.42. The highest BCUT2D eigenvalue weighted by molar-refractivity contribution is 9.10. The van der Waals surface area contributed by atoms with E-state index in [0.717, 1.165) is 35.5 Å². The summed E-state index contributed by atoms with van der Waals surface area (Å²) in [7, 11) is 0. The Morgan fingerprint density at radius 3 is 2.74 bits per heavy atom. The third-order valence-electron chi connectivity index (χ3n) is 3.58. The molecule has 5 heteroatoms. The van der Waals surface area contributed by atoms with E-state index in [0.29, 0.717) is 12.3 Å². The molecule has 0 bridgehead atoms. The van der Waals surface area contributed by atoms with Gasteiger partial charge < -0.3 is 10.3 Å². The zero-order valence-corrected chi connectivity index (χ0v) is 12.1. The largest absolute Gasteiger partial charge is 0.339 e. The molecule has 3 rings (SSSR count). The van der Waals surface area contributed by atoms with Crippen molar-refractivity contribution in [3.05, 3.63) is 46.0 Å². The summed E-state index contributed by atoms with van der Waals surface area (Å²) in [5.74, 6) is 1.85. The summed E-state index contributed by atoms with van der Waals surface area (Å²) < 4.78 is 6.44. The standard InChI is InChI=1S/C14H16BrN3O/c15-11-4-1-9(2-5-11)7-13-17-14(19-18-13)10-3-6-12(16)8-10/h1-2,4-5,10,12H,3,6-8,16H2/t10-,12+/m1/s1. The number of nitrogens with two attached hydrogens (primary N) is 1. The van der Waals surface area contributed by atoms with Gasteiger partial charge in [0.1, 0.15) is 0 Å². The SMILES string of the molecule is N[C@H]1CC[C@@H](c2nc(Cc3ccc(Br)cc3)no2)C1. The Kier molecular flexibility index (Phi) is 3.66. The molecule has 1 aromatic heterocycles. The number of benzene rings is 1. The van der Waals surface area contributed by atoms with Crippen molar-refractivity contribution in [2.45, 2.75) is 37.6 Å². The molecule has 1 aromatic carbocycles. The molecule has 1 heterocycles. The summed E-state index contributed by atoms with van der Waals surface area (Å²) in [4.78, 5) is 4.50. The van der Waals surface area contributed by atoms with Crippen LogP contribution in [0.25, 0.3) is 0 Å². The lowest BCUT2D eigenvalue weighted by atomic mass is 10.1. The van der Waals surface area contributed by atoms with Crippen LogP contribution in [0.3, 0.4) is 0 Å². The highest BCUT2D eigenvalue weighted by atomic mass is 79.9. The minimum Gasteiger partial charge on any atom is -0.339 e. The van der Waals surface area contributed by atoms with Crippen LogP contribution in [0.5, 0.6) is 0 Å². The Morgan fingerprint density at radius 1 is 1.26 bits per heavy atom. The number of nitrogens with zero attached hydrogens (tertiary/aromatic N) is 2. The molecule has 1 saturated carbocycles. The van der Waals surface area contributed by atoms with Crippen LogP contribution in [-0.4, -0.2) is 16.2 Å². The van der Waals surface area contributed by atoms with Crippen LogP contribution >= 0.6 is 15.9 Å². The fraction of sp³-hybridized carbons (Fsp3) is 0.429. The number of rotatable bonds is 3. The maximum absolute atomic E-state index is 5.91. The lowest BCUT2D eigenvalue weighted by Crippen LogP contribution is -2.14. The number of halogens is 1. The molecule has 0 radical (unpaired) electrons. The molecule has 1 fully saturated rings. The molecule has 0 spiro atoms. The minimum atomic E-state index is 0.284. The second-order valence-corrected chi connectivity index (χ2v) is 6.04. The molecule has 4 nitrogen and oxygen atoms in total. The highest BCUT2D eigenvalue weighted by Crippen LogP contribution is 2.32. The second kappa shape index (κ2) is 5.43. The van der Waals surface area contributed by atoms with Crippen molar-refractivity contribution < 1.29 is 4.52 Å². The van der Waals surface area contributed by atoms with E-state index < -0.39 is 0 Å². The third kappa shape index (κ3) is 3.04. The van der Waals surface area contributed by atoms with E-state index in [4.69, 9.17) is 10.3 Å². The van der Waals surface area contributed by atoms with Crippen LogP contribution in [0.4, 0.5) is 0 Å². The lowest BCUT2D eigenvalue weighted by molar-refractivity contribution is 0.350. The fourth-order valence-electron chi connectivity index (χ4n) is 2.53. The summed E-state index contributed by atoms with van der Waals surface area (Å²) in [6.45, 7) is 0. The van der Waals surface area contributed by atoms with Gasteiger partial charge in [0.25, 0.3) is 0 Å². The molecular formula is C14H16BrN3O. The van der Waals surface area contributed by atoms with Crippen molar-refractivity contribution in [3.63, 3.8) is 0 Å². The van der Waals surface area contributed by atoms with E-state index in [1.807, 2.05) is 12.1 Å². The first-order valence-electron chi connectivity index (χ1n) is 6.53. The van der Waals surface area contributed by atoms with Crippen molar-refractivity contribution in [2.75, 3.05) is 0 Å². The first kappa shape index (κ1) is 12.8. The average molecular weight is 322 g/mol. The van der Waals surface area contributed by atoms with Gasteiger partial charge in [0, 0.05) is 22.9 Å². The van der Waals surface area contributed by atoms with Gasteiger partial charge >= 0.3 is 0 Å².